The van der Waals surface area contributed by atoms with Crippen LogP contribution in [0.25, 0.3) is 0 Å². The van der Waals surface area contributed by atoms with E-state index in [0.29, 0.717) is 24.8 Å². The van der Waals surface area contributed by atoms with E-state index in [1.54, 1.807) is 29.2 Å². The van der Waals surface area contributed by atoms with Gasteiger partial charge in [0.1, 0.15) is 5.75 Å². The summed E-state index contributed by atoms with van der Waals surface area (Å²) in [7, 11) is 0. The van der Waals surface area contributed by atoms with Gasteiger partial charge in [0.2, 0.25) is 11.8 Å². The van der Waals surface area contributed by atoms with Crippen molar-refractivity contribution in [2.45, 2.75) is 45.6 Å². The Morgan fingerprint density at radius 2 is 1.71 bits per heavy atom. The number of ether oxygens (including phenoxy) is 1. The van der Waals surface area contributed by atoms with Crippen LogP contribution in [0.1, 0.15) is 50.2 Å². The van der Waals surface area contributed by atoms with E-state index in [2.05, 4.69) is 31.3 Å². The number of amides is 3. The smallest absolute Gasteiger partial charge is 0.260 e. The van der Waals surface area contributed by atoms with E-state index in [0.717, 1.165) is 37.2 Å². The molecule has 2 fully saturated rings. The van der Waals surface area contributed by atoms with Crippen molar-refractivity contribution in [1.82, 2.24) is 10.2 Å². The number of rotatable bonds is 8. The summed E-state index contributed by atoms with van der Waals surface area (Å²) >= 11 is 0. The number of carbonyl (C=O) groups excluding carboxylic acids is 3. The Morgan fingerprint density at radius 3 is 2.35 bits per heavy atom. The molecule has 180 valence electrons. The first-order chi connectivity index (χ1) is 16.4. The molecule has 1 N–H and O–H groups in total. The second-order valence-corrected chi connectivity index (χ2v) is 9.39. The summed E-state index contributed by atoms with van der Waals surface area (Å²) in [6.07, 6.45) is 2.30. The molecule has 0 bridgehead atoms. The molecule has 0 saturated carbocycles. The molecule has 1 atom stereocenters. The Labute approximate surface area is 201 Å². The van der Waals surface area contributed by atoms with Crippen LogP contribution in [-0.4, -0.2) is 48.9 Å². The highest BCUT2D eigenvalue weighted by Gasteiger charge is 2.35. The zero-order valence-corrected chi connectivity index (χ0v) is 20.0. The molecule has 7 nitrogen and oxygen atoms in total. The first kappa shape index (κ1) is 23.8. The Balaban J connectivity index is 1.26. The minimum atomic E-state index is -0.378. The zero-order chi connectivity index (χ0) is 24.1. The van der Waals surface area contributed by atoms with Gasteiger partial charge in [0.15, 0.2) is 6.61 Å². The van der Waals surface area contributed by atoms with Crippen LogP contribution in [-0.2, 0) is 20.9 Å². The largest absolute Gasteiger partial charge is 0.484 e. The molecular formula is C27H33N3O4. The van der Waals surface area contributed by atoms with E-state index in [4.69, 9.17) is 4.74 Å². The lowest BCUT2D eigenvalue weighted by Crippen LogP contribution is -2.32. The molecule has 3 amide bonds. The third-order valence-electron chi connectivity index (χ3n) is 6.58. The SMILES string of the molecule is CC(C)c1ccc(CNC(=O)[C@H]2CC(=O)N(c3ccc(OCC(=O)N4CCCC4)cc3)C2)cc1. The van der Waals surface area contributed by atoms with Gasteiger partial charge in [-0.15, -0.1) is 0 Å². The Kier molecular flexibility index (Phi) is 7.50. The number of nitrogens with one attached hydrogen (secondary N) is 1. The molecule has 2 aromatic rings. The van der Waals surface area contributed by atoms with E-state index in [1.165, 1.54) is 5.56 Å². The molecule has 0 aliphatic carbocycles. The minimum absolute atomic E-state index is 0.000941. The number of likely N-dealkylation sites (tertiary alicyclic amines) is 1. The van der Waals surface area contributed by atoms with E-state index in [1.807, 2.05) is 17.0 Å². The fourth-order valence-electron chi connectivity index (χ4n) is 4.41. The van der Waals surface area contributed by atoms with E-state index in [9.17, 15) is 14.4 Å². The van der Waals surface area contributed by atoms with Crippen molar-refractivity contribution in [1.29, 1.82) is 0 Å². The second kappa shape index (κ2) is 10.7. The molecular weight excluding hydrogens is 430 g/mol. The summed E-state index contributed by atoms with van der Waals surface area (Å²) in [5.41, 5.74) is 3.03. The fourth-order valence-corrected chi connectivity index (χ4v) is 4.41. The Hall–Kier alpha value is -3.35. The first-order valence-electron chi connectivity index (χ1n) is 12.1. The monoisotopic (exact) mass is 463 g/mol. The predicted octanol–water partition coefficient (Wildman–Crippen LogP) is 3.48. The van der Waals surface area contributed by atoms with E-state index < -0.39 is 0 Å². The van der Waals surface area contributed by atoms with Crippen LogP contribution in [0.5, 0.6) is 5.75 Å². The molecule has 2 heterocycles. The number of benzene rings is 2. The topological polar surface area (TPSA) is 79.0 Å². The molecule has 2 saturated heterocycles. The third-order valence-corrected chi connectivity index (χ3v) is 6.58. The highest BCUT2D eigenvalue weighted by molar-refractivity contribution is 6.00. The number of anilines is 1. The maximum atomic E-state index is 12.7. The van der Waals surface area contributed by atoms with Crippen molar-refractivity contribution in [2.75, 3.05) is 31.1 Å². The Bertz CT molecular complexity index is 1010. The standard InChI is InChI=1S/C27H33N3O4/c1-19(2)21-7-5-20(6-8-21)16-28-27(33)22-15-25(31)30(17-22)23-9-11-24(12-10-23)34-18-26(32)29-13-3-4-14-29/h5-12,19,22H,3-4,13-18H2,1-2H3,(H,28,33)/t22-/m0/s1. The van der Waals surface area contributed by atoms with Crippen molar-refractivity contribution < 1.29 is 19.1 Å². The highest BCUT2D eigenvalue weighted by Crippen LogP contribution is 2.27. The predicted molar refractivity (Wildman–Crippen MR) is 131 cm³/mol. The van der Waals surface area contributed by atoms with Crippen molar-refractivity contribution in [2.24, 2.45) is 5.92 Å². The second-order valence-electron chi connectivity index (χ2n) is 9.39. The molecule has 4 rings (SSSR count). The minimum Gasteiger partial charge on any atom is -0.484 e. The third kappa shape index (κ3) is 5.76. The molecule has 0 aromatic heterocycles. The van der Waals surface area contributed by atoms with Crippen LogP contribution in [0, 0.1) is 5.92 Å². The van der Waals surface area contributed by atoms with Gasteiger partial charge in [0, 0.05) is 38.3 Å². The average molecular weight is 464 g/mol. The van der Waals surface area contributed by atoms with E-state index >= 15 is 0 Å². The van der Waals surface area contributed by atoms with Gasteiger partial charge in [-0.2, -0.15) is 0 Å². The molecule has 2 aromatic carbocycles. The van der Waals surface area contributed by atoms with Crippen LogP contribution >= 0.6 is 0 Å². The maximum Gasteiger partial charge on any atom is 0.260 e. The van der Waals surface area contributed by atoms with Gasteiger partial charge in [-0.05, 0) is 54.2 Å². The molecule has 0 spiro atoms. The van der Waals surface area contributed by atoms with Gasteiger partial charge < -0.3 is 19.9 Å². The van der Waals surface area contributed by atoms with Gasteiger partial charge in [-0.1, -0.05) is 38.1 Å². The van der Waals surface area contributed by atoms with Gasteiger partial charge in [0.05, 0.1) is 5.92 Å². The Morgan fingerprint density at radius 1 is 1.03 bits per heavy atom. The summed E-state index contributed by atoms with van der Waals surface area (Å²) in [6.45, 7) is 6.72. The molecule has 7 heteroatoms. The number of carbonyl (C=O) groups is 3. The lowest BCUT2D eigenvalue weighted by molar-refractivity contribution is -0.132. The highest BCUT2D eigenvalue weighted by atomic mass is 16.5. The lowest BCUT2D eigenvalue weighted by atomic mass is 10.0. The normalized spacial score (nSPS) is 18.0. The molecule has 0 unspecified atom stereocenters. The van der Waals surface area contributed by atoms with Crippen molar-refractivity contribution in [3.8, 4) is 5.75 Å². The van der Waals surface area contributed by atoms with Crippen molar-refractivity contribution in [3.63, 3.8) is 0 Å². The summed E-state index contributed by atoms with van der Waals surface area (Å²) < 4.78 is 5.62. The van der Waals surface area contributed by atoms with Crippen molar-refractivity contribution in [3.05, 3.63) is 59.7 Å². The van der Waals surface area contributed by atoms with Gasteiger partial charge in [-0.25, -0.2) is 0 Å². The zero-order valence-electron chi connectivity index (χ0n) is 20.0. The number of nitrogens with zero attached hydrogens (tertiary/aromatic N) is 2. The average Bonchev–Trinajstić information content (AvgIpc) is 3.52. The van der Waals surface area contributed by atoms with E-state index in [-0.39, 0.29) is 36.7 Å². The van der Waals surface area contributed by atoms with Crippen molar-refractivity contribution >= 4 is 23.4 Å². The summed E-state index contributed by atoms with van der Waals surface area (Å²) in [5, 5.41) is 2.97. The maximum absolute atomic E-state index is 12.7. The lowest BCUT2D eigenvalue weighted by Gasteiger charge is -2.18. The van der Waals surface area contributed by atoms with Crippen LogP contribution < -0.4 is 15.0 Å². The number of hydrogen-bond donors (Lipinski definition) is 1. The summed E-state index contributed by atoms with van der Waals surface area (Å²) in [5.74, 6) is 0.499. The molecule has 2 aliphatic rings. The van der Waals surface area contributed by atoms with Crippen LogP contribution in [0.4, 0.5) is 5.69 Å². The van der Waals surface area contributed by atoms with Crippen LogP contribution in [0.2, 0.25) is 0 Å². The summed E-state index contributed by atoms with van der Waals surface area (Å²) in [6, 6.07) is 15.3. The number of hydrogen-bond acceptors (Lipinski definition) is 4. The molecule has 34 heavy (non-hydrogen) atoms. The quantitative estimate of drug-likeness (QED) is 0.650. The van der Waals surface area contributed by atoms with Gasteiger partial charge >= 0.3 is 0 Å². The van der Waals surface area contributed by atoms with Gasteiger partial charge in [-0.3, -0.25) is 14.4 Å². The summed E-state index contributed by atoms with van der Waals surface area (Å²) in [4.78, 5) is 40.9. The molecule has 0 radical (unpaired) electrons. The van der Waals surface area contributed by atoms with Crippen LogP contribution in [0.3, 0.4) is 0 Å². The molecule has 2 aliphatic heterocycles. The fraction of sp³-hybridized carbons (Fsp3) is 0.444. The van der Waals surface area contributed by atoms with Crippen LogP contribution in [0.15, 0.2) is 48.5 Å². The first-order valence-corrected chi connectivity index (χ1v) is 12.1. The van der Waals surface area contributed by atoms with Gasteiger partial charge in [0.25, 0.3) is 5.91 Å².